The van der Waals surface area contributed by atoms with Gasteiger partial charge in [0.05, 0.1) is 12.2 Å². The third-order valence-corrected chi connectivity index (χ3v) is 2.02. The first-order valence-corrected chi connectivity index (χ1v) is 4.18. The van der Waals surface area contributed by atoms with Crippen LogP contribution in [0.15, 0.2) is 0 Å². The summed E-state index contributed by atoms with van der Waals surface area (Å²) in [5.41, 5.74) is 0. The molecule has 2 heteroatoms. The molecule has 1 heterocycles. The second-order valence-electron chi connectivity index (χ2n) is 2.21. The minimum absolute atomic E-state index is 0.550. The molecule has 0 aromatic carbocycles. The van der Waals surface area contributed by atoms with E-state index >= 15 is 0 Å². The van der Waals surface area contributed by atoms with Crippen molar-refractivity contribution in [1.29, 1.82) is 0 Å². The van der Waals surface area contributed by atoms with E-state index in [4.69, 9.17) is 4.74 Å². The van der Waals surface area contributed by atoms with Gasteiger partial charge in [-0.05, 0) is 19.8 Å². The van der Waals surface area contributed by atoms with Crippen molar-refractivity contribution in [2.75, 3.05) is 5.33 Å². The lowest BCUT2D eigenvalue weighted by Crippen LogP contribution is -1.88. The Morgan fingerprint density at radius 1 is 1.62 bits per heavy atom. The molecule has 0 aromatic rings. The third kappa shape index (κ3) is 1.75. The van der Waals surface area contributed by atoms with E-state index in [2.05, 4.69) is 22.9 Å². The van der Waals surface area contributed by atoms with Gasteiger partial charge in [-0.3, -0.25) is 0 Å². The Morgan fingerprint density at radius 3 is 2.62 bits per heavy atom. The molecule has 2 atom stereocenters. The highest BCUT2D eigenvalue weighted by atomic mass is 79.9. The van der Waals surface area contributed by atoms with Crippen molar-refractivity contribution in [3.8, 4) is 0 Å². The molecule has 0 N–H and O–H groups in total. The van der Waals surface area contributed by atoms with Crippen LogP contribution in [0.1, 0.15) is 19.8 Å². The lowest BCUT2D eigenvalue weighted by molar-refractivity contribution is 0.369. The number of rotatable bonds is 3. The molecule has 1 saturated heterocycles. The molecule has 0 bridgehead atoms. The first kappa shape index (κ1) is 6.56. The molecule has 0 spiro atoms. The van der Waals surface area contributed by atoms with Gasteiger partial charge in [0.25, 0.3) is 0 Å². The van der Waals surface area contributed by atoms with E-state index in [0.717, 1.165) is 5.33 Å². The summed E-state index contributed by atoms with van der Waals surface area (Å²) in [7, 11) is 0. The Kier molecular flexibility index (Phi) is 2.32. The zero-order valence-electron chi connectivity index (χ0n) is 5.06. The highest BCUT2D eigenvalue weighted by Crippen LogP contribution is 2.25. The van der Waals surface area contributed by atoms with Gasteiger partial charge >= 0.3 is 0 Å². The van der Waals surface area contributed by atoms with Crippen molar-refractivity contribution in [3.63, 3.8) is 0 Å². The van der Waals surface area contributed by atoms with Crippen LogP contribution in [0.3, 0.4) is 0 Å². The minimum Gasteiger partial charge on any atom is -0.370 e. The van der Waals surface area contributed by atoms with E-state index < -0.39 is 0 Å². The Morgan fingerprint density at radius 2 is 2.25 bits per heavy atom. The van der Waals surface area contributed by atoms with Crippen molar-refractivity contribution < 1.29 is 4.74 Å². The van der Waals surface area contributed by atoms with Crippen LogP contribution in [0.4, 0.5) is 0 Å². The minimum atomic E-state index is 0.550. The molecular weight excluding hydrogens is 168 g/mol. The van der Waals surface area contributed by atoms with Crippen LogP contribution in [-0.4, -0.2) is 17.5 Å². The van der Waals surface area contributed by atoms with Crippen molar-refractivity contribution in [2.45, 2.75) is 32.0 Å². The molecule has 1 aliphatic rings. The molecule has 1 aliphatic heterocycles. The van der Waals surface area contributed by atoms with Gasteiger partial charge in [-0.2, -0.15) is 0 Å². The van der Waals surface area contributed by atoms with Gasteiger partial charge in [-0.15, -0.1) is 0 Å². The van der Waals surface area contributed by atoms with E-state index in [0.29, 0.717) is 12.2 Å². The van der Waals surface area contributed by atoms with Gasteiger partial charge in [0, 0.05) is 5.33 Å². The SMILES string of the molecule is C[C@@H]1O[C@@H]1CCCBr. The fourth-order valence-electron chi connectivity index (χ4n) is 0.811. The first-order valence-electron chi connectivity index (χ1n) is 3.06. The number of hydrogen-bond donors (Lipinski definition) is 0. The summed E-state index contributed by atoms with van der Waals surface area (Å²) < 4.78 is 5.20. The van der Waals surface area contributed by atoms with Crippen molar-refractivity contribution in [1.82, 2.24) is 0 Å². The van der Waals surface area contributed by atoms with Crippen molar-refractivity contribution in [3.05, 3.63) is 0 Å². The molecule has 1 nitrogen and oxygen atoms in total. The summed E-state index contributed by atoms with van der Waals surface area (Å²) in [4.78, 5) is 0. The number of ether oxygens (including phenoxy) is 1. The standard InChI is InChI=1S/C6H11BrO/c1-5-6(8-5)3-2-4-7/h5-6H,2-4H2,1H3/t5-,6+/m0/s1. The van der Waals surface area contributed by atoms with Gasteiger partial charge in [0.1, 0.15) is 0 Å². The third-order valence-electron chi connectivity index (χ3n) is 1.46. The monoisotopic (exact) mass is 178 g/mol. The van der Waals surface area contributed by atoms with E-state index in [-0.39, 0.29) is 0 Å². The molecule has 0 amide bonds. The molecule has 48 valence electrons. The predicted molar refractivity (Wildman–Crippen MR) is 37.4 cm³/mol. The molecule has 0 unspecified atom stereocenters. The van der Waals surface area contributed by atoms with Crippen LogP contribution in [0.5, 0.6) is 0 Å². The molecule has 0 saturated carbocycles. The van der Waals surface area contributed by atoms with Crippen LogP contribution >= 0.6 is 15.9 Å². The fraction of sp³-hybridized carbons (Fsp3) is 1.00. The molecule has 0 radical (unpaired) electrons. The fourth-order valence-corrected chi connectivity index (χ4v) is 1.14. The largest absolute Gasteiger partial charge is 0.370 e. The van der Waals surface area contributed by atoms with Gasteiger partial charge in [0.2, 0.25) is 0 Å². The quantitative estimate of drug-likeness (QED) is 0.476. The van der Waals surface area contributed by atoms with Gasteiger partial charge < -0.3 is 4.74 Å². The average molecular weight is 179 g/mol. The Hall–Kier alpha value is 0.440. The van der Waals surface area contributed by atoms with Crippen molar-refractivity contribution >= 4 is 15.9 Å². The van der Waals surface area contributed by atoms with Crippen molar-refractivity contribution in [2.24, 2.45) is 0 Å². The molecule has 0 aromatic heterocycles. The number of epoxide rings is 1. The summed E-state index contributed by atoms with van der Waals surface area (Å²) in [6.45, 7) is 2.12. The molecular formula is C6H11BrO. The maximum absolute atomic E-state index is 5.20. The van der Waals surface area contributed by atoms with E-state index in [1.807, 2.05) is 0 Å². The van der Waals surface area contributed by atoms with Gasteiger partial charge in [-0.25, -0.2) is 0 Å². The second kappa shape index (κ2) is 2.83. The summed E-state index contributed by atoms with van der Waals surface area (Å²) >= 11 is 3.37. The predicted octanol–water partition coefficient (Wildman–Crippen LogP) is 1.95. The molecule has 1 rings (SSSR count). The second-order valence-corrected chi connectivity index (χ2v) is 3.00. The summed E-state index contributed by atoms with van der Waals surface area (Å²) in [5, 5.41) is 1.11. The zero-order valence-corrected chi connectivity index (χ0v) is 6.65. The van der Waals surface area contributed by atoms with Gasteiger partial charge in [-0.1, -0.05) is 15.9 Å². The summed E-state index contributed by atoms with van der Waals surface area (Å²) in [6.07, 6.45) is 3.61. The van der Waals surface area contributed by atoms with Crippen LogP contribution in [0, 0.1) is 0 Å². The number of alkyl halides is 1. The van der Waals surface area contributed by atoms with Gasteiger partial charge in [0.15, 0.2) is 0 Å². The molecule has 1 fully saturated rings. The normalized spacial score (nSPS) is 35.2. The molecule has 8 heavy (non-hydrogen) atoms. The summed E-state index contributed by atoms with van der Waals surface area (Å²) in [5.74, 6) is 0. The van der Waals surface area contributed by atoms with Crippen LogP contribution in [-0.2, 0) is 4.74 Å². The molecule has 0 aliphatic carbocycles. The Bertz CT molecular complexity index is 74.9. The van der Waals surface area contributed by atoms with E-state index in [1.54, 1.807) is 0 Å². The Balaban J connectivity index is 1.89. The highest BCUT2D eigenvalue weighted by Gasteiger charge is 2.32. The lowest BCUT2D eigenvalue weighted by Gasteiger charge is -1.86. The van der Waals surface area contributed by atoms with E-state index in [9.17, 15) is 0 Å². The van der Waals surface area contributed by atoms with Crippen LogP contribution in [0.2, 0.25) is 0 Å². The highest BCUT2D eigenvalue weighted by molar-refractivity contribution is 9.09. The van der Waals surface area contributed by atoms with Crippen LogP contribution in [0.25, 0.3) is 0 Å². The topological polar surface area (TPSA) is 12.5 Å². The van der Waals surface area contributed by atoms with Crippen LogP contribution < -0.4 is 0 Å². The first-order chi connectivity index (χ1) is 3.84. The number of halogens is 1. The smallest absolute Gasteiger partial charge is 0.0839 e. The number of hydrogen-bond acceptors (Lipinski definition) is 1. The summed E-state index contributed by atoms with van der Waals surface area (Å²) in [6, 6.07) is 0. The zero-order chi connectivity index (χ0) is 5.98. The maximum Gasteiger partial charge on any atom is 0.0839 e. The lowest BCUT2D eigenvalue weighted by atomic mass is 10.2. The van der Waals surface area contributed by atoms with E-state index in [1.165, 1.54) is 12.8 Å². The maximum atomic E-state index is 5.20. The Labute approximate surface area is 58.5 Å². The average Bonchev–Trinajstić information content (AvgIpc) is 2.42.